The molecule has 126 valence electrons. The van der Waals surface area contributed by atoms with E-state index in [1.54, 1.807) is 36.4 Å². The third-order valence-corrected chi connectivity index (χ3v) is 3.48. The van der Waals surface area contributed by atoms with Crippen molar-refractivity contribution >= 4 is 23.4 Å². The number of hydrogen-bond donors (Lipinski definition) is 2. The van der Waals surface area contributed by atoms with Crippen LogP contribution in [-0.2, 0) is 4.79 Å². The van der Waals surface area contributed by atoms with E-state index in [0.717, 1.165) is 5.56 Å². The van der Waals surface area contributed by atoms with Crippen LogP contribution in [0.3, 0.4) is 0 Å². The predicted octanol–water partition coefficient (Wildman–Crippen LogP) is 2.57. The van der Waals surface area contributed by atoms with E-state index in [9.17, 15) is 9.59 Å². The van der Waals surface area contributed by atoms with Gasteiger partial charge in [-0.3, -0.25) is 9.59 Å². The van der Waals surface area contributed by atoms with E-state index < -0.39 is 0 Å². The van der Waals surface area contributed by atoms with E-state index in [1.165, 1.54) is 0 Å². The van der Waals surface area contributed by atoms with E-state index in [1.807, 2.05) is 19.1 Å². The highest BCUT2D eigenvalue weighted by atomic mass is 35.5. The van der Waals surface area contributed by atoms with Crippen LogP contribution in [0.15, 0.2) is 48.5 Å². The van der Waals surface area contributed by atoms with Crippen LogP contribution >= 0.6 is 11.6 Å². The zero-order valence-electron chi connectivity index (χ0n) is 13.3. The van der Waals surface area contributed by atoms with E-state index in [-0.39, 0.29) is 18.4 Å². The van der Waals surface area contributed by atoms with Gasteiger partial charge in [-0.25, -0.2) is 0 Å². The van der Waals surface area contributed by atoms with Crippen LogP contribution in [0.1, 0.15) is 15.9 Å². The highest BCUT2D eigenvalue weighted by Gasteiger charge is 2.05. The van der Waals surface area contributed by atoms with Crippen LogP contribution in [-0.4, -0.2) is 31.5 Å². The Labute approximate surface area is 146 Å². The van der Waals surface area contributed by atoms with Crippen molar-refractivity contribution in [1.29, 1.82) is 0 Å². The van der Waals surface area contributed by atoms with Gasteiger partial charge >= 0.3 is 0 Å². The minimum atomic E-state index is -0.255. The number of benzene rings is 2. The van der Waals surface area contributed by atoms with Crippen LogP contribution in [0.4, 0.5) is 0 Å². The lowest BCUT2D eigenvalue weighted by atomic mass is 10.1. The van der Waals surface area contributed by atoms with Crippen molar-refractivity contribution in [2.75, 3.05) is 19.7 Å². The molecule has 6 heteroatoms. The predicted molar refractivity (Wildman–Crippen MR) is 93.5 cm³/mol. The van der Waals surface area contributed by atoms with Gasteiger partial charge in [-0.1, -0.05) is 29.3 Å². The summed E-state index contributed by atoms with van der Waals surface area (Å²) in [5.41, 5.74) is 1.69. The van der Waals surface area contributed by atoms with Crippen LogP contribution < -0.4 is 15.4 Å². The number of hydrogen-bond acceptors (Lipinski definition) is 3. The first-order valence-electron chi connectivity index (χ1n) is 7.54. The number of halogens is 1. The topological polar surface area (TPSA) is 67.4 Å². The van der Waals surface area contributed by atoms with Gasteiger partial charge in [-0.05, 0) is 43.3 Å². The third kappa shape index (κ3) is 5.93. The van der Waals surface area contributed by atoms with Gasteiger partial charge in [0, 0.05) is 23.7 Å². The highest BCUT2D eigenvalue weighted by Crippen LogP contribution is 2.15. The standard InChI is InChI=1S/C18H19ClN2O3/c1-13-2-4-14(5-3-13)18(23)21-11-10-20-17(22)12-24-16-8-6-15(19)7-9-16/h2-9H,10-12H2,1H3,(H,20,22)(H,21,23). The van der Waals surface area contributed by atoms with Gasteiger partial charge in [0.05, 0.1) is 0 Å². The quantitative estimate of drug-likeness (QED) is 0.757. The van der Waals surface area contributed by atoms with Crippen molar-refractivity contribution in [3.63, 3.8) is 0 Å². The van der Waals surface area contributed by atoms with Gasteiger partial charge in [0.15, 0.2) is 6.61 Å². The molecule has 0 aliphatic heterocycles. The van der Waals surface area contributed by atoms with Gasteiger partial charge in [-0.2, -0.15) is 0 Å². The first-order valence-corrected chi connectivity index (χ1v) is 7.92. The Hall–Kier alpha value is -2.53. The minimum absolute atomic E-state index is 0.0897. The van der Waals surface area contributed by atoms with Crippen LogP contribution in [0.5, 0.6) is 5.75 Å². The third-order valence-electron chi connectivity index (χ3n) is 3.23. The van der Waals surface area contributed by atoms with Crippen molar-refractivity contribution in [1.82, 2.24) is 10.6 Å². The average molecular weight is 347 g/mol. The summed E-state index contributed by atoms with van der Waals surface area (Å²) >= 11 is 5.77. The Balaban J connectivity index is 1.63. The highest BCUT2D eigenvalue weighted by molar-refractivity contribution is 6.30. The van der Waals surface area contributed by atoms with Crippen molar-refractivity contribution in [3.8, 4) is 5.75 Å². The molecule has 2 aromatic carbocycles. The number of rotatable bonds is 7. The molecule has 0 radical (unpaired) electrons. The largest absolute Gasteiger partial charge is 0.484 e. The zero-order chi connectivity index (χ0) is 17.4. The molecule has 2 N–H and O–H groups in total. The molecule has 2 amide bonds. The van der Waals surface area contributed by atoms with E-state index in [0.29, 0.717) is 29.4 Å². The Morgan fingerprint density at radius 2 is 1.58 bits per heavy atom. The van der Waals surface area contributed by atoms with Crippen LogP contribution in [0.2, 0.25) is 5.02 Å². The van der Waals surface area contributed by atoms with Crippen molar-refractivity contribution in [2.45, 2.75) is 6.92 Å². The molecular formula is C18H19ClN2O3. The molecule has 0 atom stereocenters. The minimum Gasteiger partial charge on any atom is -0.484 e. The number of carbonyl (C=O) groups is 2. The normalized spacial score (nSPS) is 10.1. The molecular weight excluding hydrogens is 328 g/mol. The molecule has 24 heavy (non-hydrogen) atoms. The molecule has 0 bridgehead atoms. The maximum absolute atomic E-state index is 11.9. The SMILES string of the molecule is Cc1ccc(C(=O)NCCNC(=O)COc2ccc(Cl)cc2)cc1. The fraction of sp³-hybridized carbons (Fsp3) is 0.222. The maximum Gasteiger partial charge on any atom is 0.258 e. The Morgan fingerprint density at radius 1 is 0.958 bits per heavy atom. The van der Waals surface area contributed by atoms with Crippen LogP contribution in [0.25, 0.3) is 0 Å². The monoisotopic (exact) mass is 346 g/mol. The second kappa shape index (κ2) is 8.93. The van der Waals surface area contributed by atoms with E-state index in [4.69, 9.17) is 16.3 Å². The number of nitrogens with one attached hydrogen (secondary N) is 2. The molecule has 0 aromatic heterocycles. The maximum atomic E-state index is 11.9. The molecule has 0 aliphatic rings. The van der Waals surface area contributed by atoms with Gasteiger partial charge in [0.25, 0.3) is 11.8 Å². The lowest BCUT2D eigenvalue weighted by Gasteiger charge is -2.09. The Kier molecular flexibility index (Phi) is 6.63. The number of ether oxygens (including phenoxy) is 1. The van der Waals surface area contributed by atoms with Crippen molar-refractivity contribution in [2.24, 2.45) is 0 Å². The number of amides is 2. The fourth-order valence-electron chi connectivity index (χ4n) is 1.92. The summed E-state index contributed by atoms with van der Waals surface area (Å²) in [5, 5.41) is 6.03. The summed E-state index contributed by atoms with van der Waals surface area (Å²) in [6, 6.07) is 14.1. The summed E-state index contributed by atoms with van der Waals surface area (Å²) in [4.78, 5) is 23.5. The lowest BCUT2D eigenvalue weighted by Crippen LogP contribution is -2.36. The fourth-order valence-corrected chi connectivity index (χ4v) is 2.04. The molecule has 5 nitrogen and oxygen atoms in total. The van der Waals surface area contributed by atoms with Gasteiger partial charge in [0.1, 0.15) is 5.75 Å². The van der Waals surface area contributed by atoms with E-state index >= 15 is 0 Å². The summed E-state index contributed by atoms with van der Waals surface area (Å²) in [7, 11) is 0. The second-order valence-corrected chi connectivity index (χ2v) is 5.65. The molecule has 0 aliphatic carbocycles. The lowest BCUT2D eigenvalue weighted by molar-refractivity contribution is -0.123. The van der Waals surface area contributed by atoms with Crippen LogP contribution in [0, 0.1) is 6.92 Å². The Morgan fingerprint density at radius 3 is 2.25 bits per heavy atom. The smallest absolute Gasteiger partial charge is 0.258 e. The summed E-state index contributed by atoms with van der Waals surface area (Å²) in [5.74, 6) is 0.151. The van der Waals surface area contributed by atoms with Gasteiger partial charge in [-0.15, -0.1) is 0 Å². The summed E-state index contributed by atoms with van der Waals surface area (Å²) in [6.45, 7) is 2.55. The first-order chi connectivity index (χ1) is 11.5. The molecule has 0 spiro atoms. The molecule has 0 fully saturated rings. The number of aryl methyl sites for hydroxylation is 1. The molecule has 0 heterocycles. The van der Waals surface area contributed by atoms with Crippen molar-refractivity contribution < 1.29 is 14.3 Å². The van der Waals surface area contributed by atoms with Gasteiger partial charge in [0.2, 0.25) is 0 Å². The Bertz CT molecular complexity index is 684. The molecule has 0 saturated heterocycles. The van der Waals surface area contributed by atoms with Crippen molar-refractivity contribution in [3.05, 3.63) is 64.7 Å². The van der Waals surface area contributed by atoms with E-state index in [2.05, 4.69) is 10.6 Å². The second-order valence-electron chi connectivity index (χ2n) is 5.21. The zero-order valence-corrected chi connectivity index (χ0v) is 14.1. The summed E-state index contributed by atoms with van der Waals surface area (Å²) < 4.78 is 5.32. The molecule has 2 rings (SSSR count). The molecule has 0 saturated carbocycles. The molecule has 0 unspecified atom stereocenters. The summed E-state index contributed by atoms with van der Waals surface area (Å²) in [6.07, 6.45) is 0. The molecule has 2 aromatic rings. The first kappa shape index (κ1) is 17.8. The van der Waals surface area contributed by atoms with Gasteiger partial charge < -0.3 is 15.4 Å². The number of carbonyl (C=O) groups excluding carboxylic acids is 2. The average Bonchev–Trinajstić information content (AvgIpc) is 2.58.